The molecule has 0 atom stereocenters. The maximum atomic E-state index is 5.68. The normalized spacial score (nSPS) is 11.8. The summed E-state index contributed by atoms with van der Waals surface area (Å²) in [7, 11) is 0. The summed E-state index contributed by atoms with van der Waals surface area (Å²) in [4.78, 5) is 31.1. The van der Waals surface area contributed by atoms with E-state index in [9.17, 15) is 0 Å². The van der Waals surface area contributed by atoms with E-state index in [0.717, 1.165) is 105 Å². The molecule has 11 nitrogen and oxygen atoms in total. The first kappa shape index (κ1) is 32.0. The molecule has 8 heterocycles. The number of hydrogen-bond donors (Lipinski definition) is 4. The fraction of sp³-hybridized carbons (Fsp3) is 0. The number of aromatic nitrogens is 11. The number of fused-ring (bicyclic) bond motifs is 5. The van der Waals surface area contributed by atoms with E-state index >= 15 is 0 Å². The van der Waals surface area contributed by atoms with Crippen molar-refractivity contribution in [2.45, 2.75) is 0 Å². The van der Waals surface area contributed by atoms with Crippen molar-refractivity contribution in [1.29, 1.82) is 0 Å². The highest BCUT2D eigenvalue weighted by atomic mass is 15.1. The van der Waals surface area contributed by atoms with Gasteiger partial charge in [-0.3, -0.25) is 5.10 Å². The Morgan fingerprint density at radius 1 is 0.517 bits per heavy atom. The number of nitrogens with one attached hydrogen (secondary N) is 4. The van der Waals surface area contributed by atoms with E-state index in [0.29, 0.717) is 17.2 Å². The van der Waals surface area contributed by atoms with Gasteiger partial charge in [0.1, 0.15) is 11.3 Å². The molecular weight excluding hydrogens is 719 g/mol. The van der Waals surface area contributed by atoms with Crippen LogP contribution in [-0.4, -0.2) is 55.3 Å². The summed E-state index contributed by atoms with van der Waals surface area (Å²) >= 11 is 0. The SMILES string of the molecule is c1cnc(-c2cc3nc(-c4cc5cccnc5[nH]4)c(-c4n[nH]c5ccccc45)c(-c4[nH]cc5ccccc45)c3c(-c3cc4ccccc4[nH]3)c2-c2cccnn2)nc1. The monoisotopic (exact) mass is 747 g/mol. The van der Waals surface area contributed by atoms with Crippen molar-refractivity contribution in [3.63, 3.8) is 0 Å². The van der Waals surface area contributed by atoms with Gasteiger partial charge in [0.05, 0.1) is 33.8 Å². The first-order valence-electron chi connectivity index (χ1n) is 18.9. The molecule has 0 aliphatic heterocycles. The smallest absolute Gasteiger partial charge is 0.159 e. The lowest BCUT2D eigenvalue weighted by Gasteiger charge is -2.22. The van der Waals surface area contributed by atoms with Gasteiger partial charge in [-0.15, -0.1) is 0 Å². The molecule has 272 valence electrons. The van der Waals surface area contributed by atoms with Gasteiger partial charge in [0.25, 0.3) is 0 Å². The number of benzene rings is 4. The topological polar surface area (TPSA) is 153 Å². The van der Waals surface area contributed by atoms with Gasteiger partial charge in [0.15, 0.2) is 5.82 Å². The molecule has 4 N–H and O–H groups in total. The molecule has 12 rings (SSSR count). The maximum Gasteiger partial charge on any atom is 0.159 e. The van der Waals surface area contributed by atoms with Crippen LogP contribution in [0.1, 0.15) is 0 Å². The van der Waals surface area contributed by atoms with E-state index in [1.807, 2.05) is 48.5 Å². The fourth-order valence-corrected chi connectivity index (χ4v) is 8.42. The van der Waals surface area contributed by atoms with Crippen LogP contribution in [0.15, 0.2) is 152 Å². The van der Waals surface area contributed by atoms with Crippen LogP contribution in [0.25, 0.3) is 122 Å². The van der Waals surface area contributed by atoms with Crippen molar-refractivity contribution in [2.24, 2.45) is 0 Å². The molecule has 0 spiro atoms. The van der Waals surface area contributed by atoms with Gasteiger partial charge < -0.3 is 15.0 Å². The number of para-hydroxylation sites is 2. The van der Waals surface area contributed by atoms with Crippen molar-refractivity contribution >= 4 is 54.5 Å². The first-order chi connectivity index (χ1) is 28.8. The Morgan fingerprint density at radius 3 is 2.12 bits per heavy atom. The quantitative estimate of drug-likeness (QED) is 0.132. The molecule has 58 heavy (non-hydrogen) atoms. The summed E-state index contributed by atoms with van der Waals surface area (Å²) in [6.07, 6.45) is 9.06. The van der Waals surface area contributed by atoms with Crippen LogP contribution in [0.2, 0.25) is 0 Å². The first-order valence-corrected chi connectivity index (χ1v) is 18.9. The van der Waals surface area contributed by atoms with Gasteiger partial charge in [0.2, 0.25) is 0 Å². The lowest BCUT2D eigenvalue weighted by molar-refractivity contribution is 1.04. The molecule has 11 heteroatoms. The summed E-state index contributed by atoms with van der Waals surface area (Å²) < 4.78 is 0. The van der Waals surface area contributed by atoms with Crippen LogP contribution in [-0.2, 0) is 0 Å². The lowest BCUT2D eigenvalue weighted by atomic mass is 9.84. The van der Waals surface area contributed by atoms with Crippen LogP contribution >= 0.6 is 0 Å². The predicted molar refractivity (Wildman–Crippen MR) is 229 cm³/mol. The number of rotatable bonds is 6. The molecule has 0 bridgehead atoms. The van der Waals surface area contributed by atoms with Crippen molar-refractivity contribution in [2.75, 3.05) is 0 Å². The van der Waals surface area contributed by atoms with Crippen LogP contribution in [0.3, 0.4) is 0 Å². The van der Waals surface area contributed by atoms with E-state index in [1.165, 1.54) is 0 Å². The van der Waals surface area contributed by atoms with E-state index in [4.69, 9.17) is 25.1 Å². The molecule has 0 saturated heterocycles. The summed E-state index contributed by atoms with van der Waals surface area (Å²) in [5, 5.41) is 23.6. The van der Waals surface area contributed by atoms with E-state index in [2.05, 4.69) is 109 Å². The maximum absolute atomic E-state index is 5.68. The van der Waals surface area contributed by atoms with Crippen LogP contribution < -0.4 is 0 Å². The molecule has 0 amide bonds. The van der Waals surface area contributed by atoms with Crippen molar-refractivity contribution in [3.05, 3.63) is 152 Å². The Labute approximate surface area is 328 Å². The highest BCUT2D eigenvalue weighted by molar-refractivity contribution is 6.21. The van der Waals surface area contributed by atoms with E-state index in [-0.39, 0.29) is 0 Å². The number of pyridine rings is 2. The Bertz CT molecular complexity index is 3460. The van der Waals surface area contributed by atoms with Gasteiger partial charge in [-0.25, -0.2) is 19.9 Å². The minimum Gasteiger partial charge on any atom is -0.360 e. The third-order valence-electron chi connectivity index (χ3n) is 10.9. The second-order valence-corrected chi connectivity index (χ2v) is 14.2. The van der Waals surface area contributed by atoms with Crippen LogP contribution in [0.5, 0.6) is 0 Å². The number of hydrogen-bond acceptors (Lipinski definition) is 7. The van der Waals surface area contributed by atoms with Crippen LogP contribution in [0, 0.1) is 0 Å². The van der Waals surface area contributed by atoms with Crippen molar-refractivity contribution in [1.82, 2.24) is 55.3 Å². The Morgan fingerprint density at radius 2 is 1.28 bits per heavy atom. The highest BCUT2D eigenvalue weighted by Crippen LogP contribution is 2.52. The molecule has 0 fully saturated rings. The zero-order chi connectivity index (χ0) is 38.2. The number of H-pyrrole nitrogens is 4. The van der Waals surface area contributed by atoms with Gasteiger partial charge in [-0.1, -0.05) is 60.7 Å². The number of aromatic amines is 4. The molecule has 0 aliphatic carbocycles. The highest BCUT2D eigenvalue weighted by Gasteiger charge is 2.31. The minimum absolute atomic E-state index is 0.537. The van der Waals surface area contributed by atoms with E-state index < -0.39 is 0 Å². The standard InChI is InChI=1S/C47H29N11/c1-3-13-29-28(11-1)25-51-43(29)41-40-36(54-45(37-23-27-12-7-18-48-46(27)55-37)42(41)44-30-14-4-6-16-33(30)57-58-44)24-31(47-49-19-9-20-50-47)38(34-17-8-21-52-56-34)39(40)35-22-26-10-2-5-15-32(26)53-35/h1-25,51,53H,(H,48,55)(H,57,58). The largest absolute Gasteiger partial charge is 0.360 e. The Balaban J connectivity index is 1.36. The molecule has 8 aromatic heterocycles. The Kier molecular flexibility index (Phi) is 6.96. The zero-order valence-electron chi connectivity index (χ0n) is 30.6. The molecule has 0 unspecified atom stereocenters. The zero-order valence-corrected chi connectivity index (χ0v) is 30.6. The average molecular weight is 748 g/mol. The molecule has 0 aliphatic rings. The van der Waals surface area contributed by atoms with Gasteiger partial charge >= 0.3 is 0 Å². The van der Waals surface area contributed by atoms with Crippen LogP contribution in [0.4, 0.5) is 0 Å². The second kappa shape index (κ2) is 12.6. The Hall–Kier alpha value is -8.31. The molecule has 4 aromatic carbocycles. The number of nitrogens with zero attached hydrogens (tertiary/aromatic N) is 7. The summed E-state index contributed by atoms with van der Waals surface area (Å²) in [6.45, 7) is 0. The fourth-order valence-electron chi connectivity index (χ4n) is 8.42. The summed E-state index contributed by atoms with van der Waals surface area (Å²) in [6, 6.07) is 41.0. The molecule has 0 radical (unpaired) electrons. The van der Waals surface area contributed by atoms with Gasteiger partial charge in [-0.2, -0.15) is 15.3 Å². The van der Waals surface area contributed by atoms with E-state index in [1.54, 1.807) is 24.8 Å². The lowest BCUT2D eigenvalue weighted by Crippen LogP contribution is -2.03. The second-order valence-electron chi connectivity index (χ2n) is 14.2. The molecule has 12 aromatic rings. The third-order valence-corrected chi connectivity index (χ3v) is 10.9. The molecular formula is C47H29N11. The molecule has 0 saturated carbocycles. The van der Waals surface area contributed by atoms with Gasteiger partial charge in [0, 0.05) is 96.9 Å². The van der Waals surface area contributed by atoms with Crippen molar-refractivity contribution < 1.29 is 0 Å². The van der Waals surface area contributed by atoms with Gasteiger partial charge in [-0.05, 0) is 66.0 Å². The minimum atomic E-state index is 0.537. The summed E-state index contributed by atoms with van der Waals surface area (Å²) in [5.74, 6) is 0.537. The summed E-state index contributed by atoms with van der Waals surface area (Å²) in [5.41, 5.74) is 12.4. The predicted octanol–water partition coefficient (Wildman–Crippen LogP) is 10.5. The third kappa shape index (κ3) is 4.90. The van der Waals surface area contributed by atoms with Crippen molar-refractivity contribution in [3.8, 4) is 67.8 Å². The average Bonchev–Trinajstić information content (AvgIpc) is 4.10.